The number of carbonyl (C=O) groups is 1. The van der Waals surface area contributed by atoms with Gasteiger partial charge in [-0.3, -0.25) is 19.5 Å². The first-order valence-electron chi connectivity index (χ1n) is 9.01. The Bertz CT molecular complexity index is 863. The summed E-state index contributed by atoms with van der Waals surface area (Å²) in [5, 5.41) is 10.8. The second-order valence-corrected chi connectivity index (χ2v) is 6.83. The summed E-state index contributed by atoms with van der Waals surface area (Å²) in [6.45, 7) is 0.341. The Morgan fingerprint density at radius 1 is 1.35 bits per heavy atom. The molecule has 0 bridgehead atoms. The summed E-state index contributed by atoms with van der Waals surface area (Å²) in [4.78, 5) is 36.5. The Labute approximate surface area is 150 Å². The van der Waals surface area contributed by atoms with E-state index in [0.717, 1.165) is 12.8 Å². The lowest BCUT2D eigenvalue weighted by atomic mass is 9.94. The van der Waals surface area contributed by atoms with Crippen molar-refractivity contribution in [2.24, 2.45) is 0 Å². The van der Waals surface area contributed by atoms with Crippen LogP contribution in [0.3, 0.4) is 0 Å². The van der Waals surface area contributed by atoms with Crippen LogP contribution in [0.1, 0.15) is 44.9 Å². The quantitative estimate of drug-likeness (QED) is 0.581. The fraction of sp³-hybridized carbons (Fsp3) is 0.556. The third-order valence-corrected chi connectivity index (χ3v) is 5.15. The number of benzene rings is 1. The topological polar surface area (TPSA) is 98.6 Å². The van der Waals surface area contributed by atoms with Crippen molar-refractivity contribution in [2.75, 3.05) is 7.05 Å². The van der Waals surface area contributed by atoms with Gasteiger partial charge in [-0.05, 0) is 25.3 Å². The number of aryl methyl sites for hydroxylation is 1. The third kappa shape index (κ3) is 3.79. The van der Waals surface area contributed by atoms with Gasteiger partial charge in [-0.25, -0.2) is 4.79 Å². The molecule has 8 heteroatoms. The number of hydrogen-bond donors (Lipinski definition) is 0. The number of amides is 1. The number of aromatic nitrogens is 1. The third-order valence-electron chi connectivity index (χ3n) is 5.15. The van der Waals surface area contributed by atoms with Crippen LogP contribution in [-0.2, 0) is 11.3 Å². The van der Waals surface area contributed by atoms with Crippen molar-refractivity contribution in [3.63, 3.8) is 0 Å². The summed E-state index contributed by atoms with van der Waals surface area (Å²) in [6.07, 6.45) is 6.59. The standard InChI is InChI=1S/C18H23N3O5/c1-19(13-6-3-2-4-7-13)17(22)8-5-11-20-15-10-9-14(21(24)25)12-16(15)26-18(20)23/h9-10,12-13H,2-8,11H2,1H3. The molecule has 0 unspecified atom stereocenters. The van der Waals surface area contributed by atoms with Crippen LogP contribution in [0.5, 0.6) is 0 Å². The lowest BCUT2D eigenvalue weighted by molar-refractivity contribution is -0.384. The fourth-order valence-corrected chi connectivity index (χ4v) is 3.62. The van der Waals surface area contributed by atoms with Crippen LogP contribution in [0.4, 0.5) is 5.69 Å². The van der Waals surface area contributed by atoms with Crippen LogP contribution in [0.2, 0.25) is 0 Å². The van der Waals surface area contributed by atoms with Gasteiger partial charge in [-0.1, -0.05) is 19.3 Å². The number of oxazole rings is 1. The van der Waals surface area contributed by atoms with Gasteiger partial charge in [0.2, 0.25) is 5.91 Å². The van der Waals surface area contributed by atoms with Crippen molar-refractivity contribution < 1.29 is 14.1 Å². The number of nitro groups is 1. The molecule has 1 fully saturated rings. The van der Waals surface area contributed by atoms with E-state index in [0.29, 0.717) is 30.9 Å². The molecule has 1 aliphatic carbocycles. The van der Waals surface area contributed by atoms with Gasteiger partial charge in [-0.15, -0.1) is 0 Å². The highest BCUT2D eigenvalue weighted by molar-refractivity contribution is 5.77. The molecule has 8 nitrogen and oxygen atoms in total. The molecule has 2 aromatic rings. The molecule has 1 amide bonds. The van der Waals surface area contributed by atoms with Crippen molar-refractivity contribution in [3.05, 3.63) is 38.9 Å². The van der Waals surface area contributed by atoms with E-state index in [1.807, 2.05) is 11.9 Å². The maximum absolute atomic E-state index is 12.4. The highest BCUT2D eigenvalue weighted by atomic mass is 16.6. The van der Waals surface area contributed by atoms with Gasteiger partial charge in [0.25, 0.3) is 5.69 Å². The van der Waals surface area contributed by atoms with Gasteiger partial charge in [0.05, 0.1) is 16.5 Å². The molecule has 0 atom stereocenters. The van der Waals surface area contributed by atoms with Crippen molar-refractivity contribution >= 4 is 22.7 Å². The van der Waals surface area contributed by atoms with E-state index in [4.69, 9.17) is 4.42 Å². The molecule has 3 rings (SSSR count). The average Bonchev–Trinajstić information content (AvgIpc) is 2.96. The molecule has 0 spiro atoms. The molecule has 1 aliphatic rings. The molecule has 0 N–H and O–H groups in total. The molecule has 0 saturated heterocycles. The molecule has 1 aromatic carbocycles. The van der Waals surface area contributed by atoms with E-state index in [9.17, 15) is 19.7 Å². The SMILES string of the molecule is CN(C(=O)CCCn1c(=O)oc2cc([N+](=O)[O-])ccc21)C1CCCCC1. The van der Waals surface area contributed by atoms with Crippen molar-refractivity contribution in [3.8, 4) is 0 Å². The van der Waals surface area contributed by atoms with Gasteiger partial charge in [0.1, 0.15) is 0 Å². The maximum atomic E-state index is 12.4. The lowest BCUT2D eigenvalue weighted by Crippen LogP contribution is -2.38. The first kappa shape index (κ1) is 18.2. The van der Waals surface area contributed by atoms with Crippen molar-refractivity contribution in [1.29, 1.82) is 0 Å². The molecule has 140 valence electrons. The molecular formula is C18H23N3O5. The summed E-state index contributed by atoms with van der Waals surface area (Å²) in [5.74, 6) is -0.470. The van der Waals surface area contributed by atoms with E-state index >= 15 is 0 Å². The summed E-state index contributed by atoms with van der Waals surface area (Å²) in [5.41, 5.74) is 0.575. The highest BCUT2D eigenvalue weighted by Gasteiger charge is 2.22. The number of fused-ring (bicyclic) bond motifs is 1. The Balaban J connectivity index is 1.62. The Morgan fingerprint density at radius 3 is 2.77 bits per heavy atom. The molecule has 0 radical (unpaired) electrons. The minimum atomic E-state index is -0.561. The summed E-state index contributed by atoms with van der Waals surface area (Å²) in [6, 6.07) is 4.42. The number of hydrogen-bond acceptors (Lipinski definition) is 5. The first-order valence-corrected chi connectivity index (χ1v) is 9.01. The number of rotatable bonds is 6. The van der Waals surface area contributed by atoms with Crippen LogP contribution in [0.25, 0.3) is 11.1 Å². The van der Waals surface area contributed by atoms with Crippen LogP contribution >= 0.6 is 0 Å². The molecule has 26 heavy (non-hydrogen) atoms. The Hall–Kier alpha value is -2.64. The van der Waals surface area contributed by atoms with Crippen LogP contribution < -0.4 is 5.76 Å². The number of carbonyl (C=O) groups excluding carboxylic acids is 1. The van der Waals surface area contributed by atoms with Gasteiger partial charge < -0.3 is 9.32 Å². The zero-order valence-corrected chi connectivity index (χ0v) is 14.8. The second kappa shape index (κ2) is 7.72. The van der Waals surface area contributed by atoms with Gasteiger partial charge in [0.15, 0.2) is 5.58 Å². The smallest absolute Gasteiger partial charge is 0.407 e. The number of nitro benzene ring substituents is 1. The fourth-order valence-electron chi connectivity index (χ4n) is 3.62. The predicted octanol–water partition coefficient (Wildman–Crippen LogP) is 3.07. The van der Waals surface area contributed by atoms with Gasteiger partial charge in [-0.2, -0.15) is 0 Å². The van der Waals surface area contributed by atoms with E-state index in [1.165, 1.54) is 42.0 Å². The normalized spacial score (nSPS) is 15.3. The Kier molecular flexibility index (Phi) is 5.39. The first-order chi connectivity index (χ1) is 12.5. The lowest BCUT2D eigenvalue weighted by Gasteiger charge is -2.31. The van der Waals surface area contributed by atoms with E-state index in [-0.39, 0.29) is 17.2 Å². The zero-order chi connectivity index (χ0) is 18.7. The van der Waals surface area contributed by atoms with Crippen LogP contribution in [-0.4, -0.2) is 33.4 Å². The minimum absolute atomic E-state index is 0.0911. The summed E-state index contributed by atoms with van der Waals surface area (Å²) in [7, 11) is 1.86. The monoisotopic (exact) mass is 361 g/mol. The summed E-state index contributed by atoms with van der Waals surface area (Å²) < 4.78 is 6.52. The van der Waals surface area contributed by atoms with Crippen molar-refractivity contribution in [1.82, 2.24) is 9.47 Å². The summed E-state index contributed by atoms with van der Waals surface area (Å²) >= 11 is 0. The largest absolute Gasteiger partial charge is 0.419 e. The average molecular weight is 361 g/mol. The zero-order valence-electron chi connectivity index (χ0n) is 14.8. The van der Waals surface area contributed by atoms with Crippen molar-refractivity contribution in [2.45, 2.75) is 57.5 Å². The molecular weight excluding hydrogens is 338 g/mol. The van der Waals surface area contributed by atoms with E-state index < -0.39 is 10.7 Å². The second-order valence-electron chi connectivity index (χ2n) is 6.83. The highest BCUT2D eigenvalue weighted by Crippen LogP contribution is 2.23. The molecule has 0 aliphatic heterocycles. The maximum Gasteiger partial charge on any atom is 0.419 e. The molecule has 1 heterocycles. The predicted molar refractivity (Wildman–Crippen MR) is 96.0 cm³/mol. The van der Waals surface area contributed by atoms with Crippen LogP contribution in [0, 0.1) is 10.1 Å². The van der Waals surface area contributed by atoms with Crippen LogP contribution in [0.15, 0.2) is 27.4 Å². The number of non-ortho nitro benzene ring substituents is 1. The molecule has 1 aromatic heterocycles. The van der Waals surface area contributed by atoms with Gasteiger partial charge in [0, 0.05) is 32.1 Å². The molecule has 1 saturated carbocycles. The Morgan fingerprint density at radius 2 is 2.08 bits per heavy atom. The number of nitrogens with zero attached hydrogens (tertiary/aromatic N) is 3. The van der Waals surface area contributed by atoms with E-state index in [1.54, 1.807) is 0 Å². The van der Waals surface area contributed by atoms with Gasteiger partial charge >= 0.3 is 5.76 Å². The van der Waals surface area contributed by atoms with E-state index in [2.05, 4.69) is 0 Å². The minimum Gasteiger partial charge on any atom is -0.407 e.